The molecule has 0 bridgehead atoms. The molecule has 9 heteroatoms. The van der Waals surface area contributed by atoms with E-state index in [-0.39, 0.29) is 30.0 Å². The number of nitrogens with one attached hydrogen (secondary N) is 1. The maximum absolute atomic E-state index is 14.3. The van der Waals surface area contributed by atoms with Crippen LogP contribution in [0.25, 0.3) is 0 Å². The fourth-order valence-corrected chi connectivity index (χ4v) is 4.13. The Kier molecular flexibility index (Phi) is 7.22. The van der Waals surface area contributed by atoms with Crippen molar-refractivity contribution in [3.05, 3.63) is 17.9 Å². The molecular weight excluding hydrogens is 363 g/mol. The van der Waals surface area contributed by atoms with Crippen molar-refractivity contribution in [1.82, 2.24) is 9.62 Å². The molecule has 0 aliphatic carbocycles. The third-order valence-electron chi connectivity index (χ3n) is 4.49. The Morgan fingerprint density at radius 2 is 1.77 bits per heavy atom. The van der Waals surface area contributed by atoms with Crippen LogP contribution in [0.15, 0.2) is 17.0 Å². The second kappa shape index (κ2) is 8.98. The minimum Gasteiger partial charge on any atom is -0.493 e. The van der Waals surface area contributed by atoms with Crippen LogP contribution in [0.3, 0.4) is 0 Å². The van der Waals surface area contributed by atoms with Gasteiger partial charge in [-0.05, 0) is 5.92 Å². The number of nitrogens with zero attached hydrogens (tertiary/aromatic N) is 1. The van der Waals surface area contributed by atoms with E-state index in [0.717, 1.165) is 25.2 Å². The Bertz CT molecular complexity index is 705. The summed E-state index contributed by atoms with van der Waals surface area (Å²) in [5.41, 5.74) is 0. The van der Waals surface area contributed by atoms with Crippen LogP contribution in [0.5, 0.6) is 11.5 Å². The molecule has 1 atom stereocenters. The highest BCUT2D eigenvalue weighted by molar-refractivity contribution is 7.89. The molecule has 1 saturated heterocycles. The van der Waals surface area contributed by atoms with Crippen LogP contribution in [-0.4, -0.2) is 66.4 Å². The van der Waals surface area contributed by atoms with E-state index in [1.165, 1.54) is 14.2 Å². The van der Waals surface area contributed by atoms with Crippen molar-refractivity contribution >= 4 is 10.0 Å². The van der Waals surface area contributed by atoms with Crippen LogP contribution in [0.1, 0.15) is 13.8 Å². The number of halogens is 1. The van der Waals surface area contributed by atoms with E-state index in [4.69, 9.17) is 14.2 Å². The molecule has 1 aliphatic rings. The molecule has 0 amide bonds. The Morgan fingerprint density at radius 1 is 1.19 bits per heavy atom. The molecule has 148 valence electrons. The molecule has 1 aliphatic heterocycles. The summed E-state index contributed by atoms with van der Waals surface area (Å²) in [5, 5.41) is 0. The first kappa shape index (κ1) is 20.9. The molecule has 1 aromatic rings. The lowest BCUT2D eigenvalue weighted by Crippen LogP contribution is -2.51. The average molecular weight is 390 g/mol. The Hall–Kier alpha value is -1.42. The highest BCUT2D eigenvalue weighted by Crippen LogP contribution is 2.31. The molecule has 26 heavy (non-hydrogen) atoms. The fourth-order valence-electron chi connectivity index (χ4n) is 3.01. The predicted molar refractivity (Wildman–Crippen MR) is 95.7 cm³/mol. The molecular formula is C17H27FN2O5S. The van der Waals surface area contributed by atoms with Crippen molar-refractivity contribution in [2.45, 2.75) is 24.8 Å². The molecule has 0 saturated carbocycles. The molecule has 1 fully saturated rings. The van der Waals surface area contributed by atoms with E-state index in [0.29, 0.717) is 13.2 Å². The molecule has 2 rings (SSSR count). The lowest BCUT2D eigenvalue weighted by molar-refractivity contribution is 0.00776. The molecule has 0 radical (unpaired) electrons. The van der Waals surface area contributed by atoms with Gasteiger partial charge in [0.25, 0.3) is 0 Å². The predicted octanol–water partition coefficient (Wildman–Crippen LogP) is 1.48. The average Bonchev–Trinajstić information content (AvgIpc) is 2.61. The first-order chi connectivity index (χ1) is 12.3. The van der Waals surface area contributed by atoms with Crippen molar-refractivity contribution in [1.29, 1.82) is 0 Å². The van der Waals surface area contributed by atoms with E-state index < -0.39 is 20.7 Å². The number of hydrogen-bond donors (Lipinski definition) is 1. The normalized spacial score (nSPS) is 17.3. The van der Waals surface area contributed by atoms with E-state index >= 15 is 0 Å². The number of benzene rings is 1. The van der Waals surface area contributed by atoms with Gasteiger partial charge in [0.05, 0.1) is 27.4 Å². The van der Waals surface area contributed by atoms with Gasteiger partial charge in [-0.25, -0.2) is 17.5 Å². The summed E-state index contributed by atoms with van der Waals surface area (Å²) < 4.78 is 57.5. The van der Waals surface area contributed by atoms with E-state index in [1.807, 2.05) is 13.8 Å². The van der Waals surface area contributed by atoms with Crippen LogP contribution >= 0.6 is 0 Å². The first-order valence-electron chi connectivity index (χ1n) is 8.53. The van der Waals surface area contributed by atoms with Gasteiger partial charge in [0.1, 0.15) is 10.7 Å². The molecule has 1 aromatic carbocycles. The van der Waals surface area contributed by atoms with Gasteiger partial charge in [-0.15, -0.1) is 0 Å². The summed E-state index contributed by atoms with van der Waals surface area (Å²) in [6.07, 6.45) is 0. The Morgan fingerprint density at radius 3 is 2.31 bits per heavy atom. The molecule has 7 nitrogen and oxygen atoms in total. The second-order valence-electron chi connectivity index (χ2n) is 6.45. The highest BCUT2D eigenvalue weighted by Gasteiger charge is 2.28. The van der Waals surface area contributed by atoms with Gasteiger partial charge < -0.3 is 14.2 Å². The van der Waals surface area contributed by atoms with Gasteiger partial charge in [0.15, 0.2) is 11.5 Å². The van der Waals surface area contributed by atoms with Crippen molar-refractivity contribution in [3.63, 3.8) is 0 Å². The van der Waals surface area contributed by atoms with Crippen molar-refractivity contribution in [3.8, 4) is 11.5 Å². The van der Waals surface area contributed by atoms with E-state index in [9.17, 15) is 12.8 Å². The first-order valence-corrected chi connectivity index (χ1v) is 10.0. The number of rotatable bonds is 8. The maximum Gasteiger partial charge on any atom is 0.243 e. The number of morpholine rings is 1. The number of ether oxygens (including phenoxy) is 3. The minimum absolute atomic E-state index is 0.00289. The minimum atomic E-state index is -4.03. The van der Waals surface area contributed by atoms with Gasteiger partial charge in [-0.1, -0.05) is 13.8 Å². The van der Waals surface area contributed by atoms with Crippen LogP contribution in [-0.2, 0) is 14.8 Å². The van der Waals surface area contributed by atoms with Gasteiger partial charge in [0, 0.05) is 37.8 Å². The quantitative estimate of drug-likeness (QED) is 0.725. The highest BCUT2D eigenvalue weighted by atomic mass is 32.2. The van der Waals surface area contributed by atoms with Crippen molar-refractivity contribution < 1.29 is 27.0 Å². The van der Waals surface area contributed by atoms with E-state index in [2.05, 4.69) is 9.62 Å². The zero-order chi connectivity index (χ0) is 19.3. The van der Waals surface area contributed by atoms with Crippen LogP contribution in [0, 0.1) is 11.7 Å². The van der Waals surface area contributed by atoms with Gasteiger partial charge in [-0.2, -0.15) is 0 Å². The van der Waals surface area contributed by atoms with Crippen LogP contribution in [0.4, 0.5) is 4.39 Å². The largest absolute Gasteiger partial charge is 0.493 e. The van der Waals surface area contributed by atoms with Crippen LogP contribution in [0.2, 0.25) is 0 Å². The SMILES string of the molecule is COc1cc(F)c(S(=O)(=O)NC[C@H](C(C)C)N2CCOCC2)cc1OC. The Labute approximate surface area is 154 Å². The molecule has 1 heterocycles. The molecule has 0 aromatic heterocycles. The summed E-state index contributed by atoms with van der Waals surface area (Å²) in [6, 6.07) is 2.14. The summed E-state index contributed by atoms with van der Waals surface area (Å²) in [5.74, 6) is -0.367. The lowest BCUT2D eigenvalue weighted by atomic mass is 10.0. The third-order valence-corrected chi connectivity index (χ3v) is 5.93. The summed E-state index contributed by atoms with van der Waals surface area (Å²) in [6.45, 7) is 7.00. The maximum atomic E-state index is 14.3. The van der Waals surface area contributed by atoms with Gasteiger partial charge in [0.2, 0.25) is 10.0 Å². The van der Waals surface area contributed by atoms with Gasteiger partial charge >= 0.3 is 0 Å². The Balaban J connectivity index is 2.19. The lowest BCUT2D eigenvalue weighted by Gasteiger charge is -2.36. The molecule has 1 N–H and O–H groups in total. The fraction of sp³-hybridized carbons (Fsp3) is 0.647. The standard InChI is InChI=1S/C17H27FN2O5S/c1-12(2)14(20-5-7-25-8-6-20)11-19-26(21,22)17-10-16(24-4)15(23-3)9-13(17)18/h9-10,12,14,19H,5-8,11H2,1-4H3/t14-/m1/s1. The number of hydrogen-bond acceptors (Lipinski definition) is 6. The smallest absolute Gasteiger partial charge is 0.243 e. The van der Waals surface area contributed by atoms with Crippen molar-refractivity contribution in [2.24, 2.45) is 5.92 Å². The van der Waals surface area contributed by atoms with Crippen molar-refractivity contribution in [2.75, 3.05) is 47.1 Å². The monoisotopic (exact) mass is 390 g/mol. The zero-order valence-electron chi connectivity index (χ0n) is 15.6. The summed E-state index contributed by atoms with van der Waals surface area (Å²) >= 11 is 0. The topological polar surface area (TPSA) is 77.1 Å². The zero-order valence-corrected chi connectivity index (χ0v) is 16.4. The van der Waals surface area contributed by atoms with E-state index in [1.54, 1.807) is 0 Å². The third kappa shape index (κ3) is 4.85. The molecule has 0 spiro atoms. The number of sulfonamides is 1. The number of methoxy groups -OCH3 is 2. The second-order valence-corrected chi connectivity index (χ2v) is 8.18. The molecule has 0 unspecified atom stereocenters. The summed E-state index contributed by atoms with van der Waals surface area (Å²) in [7, 11) is -1.31. The van der Waals surface area contributed by atoms with Gasteiger partial charge in [-0.3, -0.25) is 4.90 Å². The summed E-state index contributed by atoms with van der Waals surface area (Å²) in [4.78, 5) is 1.74. The van der Waals surface area contributed by atoms with Crippen LogP contribution < -0.4 is 14.2 Å².